The highest BCUT2D eigenvalue weighted by Gasteiger charge is 2.33. The summed E-state index contributed by atoms with van der Waals surface area (Å²) in [6.45, 7) is 6.69. The molecule has 0 amide bonds. The van der Waals surface area contributed by atoms with Crippen LogP contribution in [0, 0.1) is 12.3 Å². The fourth-order valence-corrected chi connectivity index (χ4v) is 3.90. The third-order valence-corrected chi connectivity index (χ3v) is 4.72. The maximum atomic E-state index is 4.38. The largest absolute Gasteiger partial charge is 0.316 e. The van der Waals surface area contributed by atoms with Crippen molar-refractivity contribution in [2.24, 2.45) is 5.41 Å². The highest BCUT2D eigenvalue weighted by Crippen LogP contribution is 2.41. The molecule has 0 radical (unpaired) electrons. The Balaban J connectivity index is 1.96. The van der Waals surface area contributed by atoms with Crippen molar-refractivity contribution < 1.29 is 0 Å². The summed E-state index contributed by atoms with van der Waals surface area (Å²) >= 11 is 1.87. The monoisotopic (exact) mass is 252 g/mol. The third kappa shape index (κ3) is 3.52. The smallest absolute Gasteiger partial charge is 0.0896 e. The molecule has 0 saturated heterocycles. The van der Waals surface area contributed by atoms with Gasteiger partial charge in [0.2, 0.25) is 0 Å². The van der Waals surface area contributed by atoms with Crippen LogP contribution in [0.15, 0.2) is 6.20 Å². The van der Waals surface area contributed by atoms with Crippen molar-refractivity contribution in [3.05, 3.63) is 16.1 Å². The normalized spacial score (nSPS) is 18.7. The van der Waals surface area contributed by atoms with Gasteiger partial charge in [-0.2, -0.15) is 0 Å². The molecule has 3 heteroatoms. The molecule has 0 aromatic carbocycles. The lowest BCUT2D eigenvalue weighted by molar-refractivity contribution is 0.280. The van der Waals surface area contributed by atoms with Crippen LogP contribution in [0.25, 0.3) is 0 Å². The average molecular weight is 252 g/mol. The van der Waals surface area contributed by atoms with Gasteiger partial charge in [0, 0.05) is 17.6 Å². The van der Waals surface area contributed by atoms with Crippen LogP contribution in [-0.2, 0) is 6.42 Å². The van der Waals surface area contributed by atoms with E-state index in [2.05, 4.69) is 30.3 Å². The van der Waals surface area contributed by atoms with Crippen LogP contribution in [0.5, 0.6) is 0 Å². The fraction of sp³-hybridized carbons (Fsp3) is 0.786. The summed E-state index contributed by atoms with van der Waals surface area (Å²) in [5, 5.41) is 4.83. The van der Waals surface area contributed by atoms with E-state index in [9.17, 15) is 0 Å². The molecule has 17 heavy (non-hydrogen) atoms. The lowest BCUT2D eigenvalue weighted by Crippen LogP contribution is -2.34. The first-order chi connectivity index (χ1) is 8.24. The van der Waals surface area contributed by atoms with Crippen LogP contribution in [-0.4, -0.2) is 18.1 Å². The second-order valence-electron chi connectivity index (χ2n) is 5.41. The maximum absolute atomic E-state index is 4.38. The lowest BCUT2D eigenvalue weighted by Gasteiger charge is -2.28. The molecule has 1 aromatic rings. The predicted octanol–water partition coefficient (Wildman–Crippen LogP) is 3.55. The standard InChI is InChI=1S/C14H24N2S/c1-3-8-15-11-14(6-4-5-7-14)9-13-10-16-12(2)17-13/h10,15H,3-9,11H2,1-2H3. The van der Waals surface area contributed by atoms with E-state index >= 15 is 0 Å². The van der Waals surface area contributed by atoms with Crippen molar-refractivity contribution in [1.82, 2.24) is 10.3 Å². The first kappa shape index (κ1) is 13.0. The minimum absolute atomic E-state index is 0.522. The van der Waals surface area contributed by atoms with Gasteiger partial charge in [-0.15, -0.1) is 11.3 Å². The minimum atomic E-state index is 0.522. The van der Waals surface area contributed by atoms with Crippen LogP contribution in [0.1, 0.15) is 48.9 Å². The zero-order valence-corrected chi connectivity index (χ0v) is 11.9. The second kappa shape index (κ2) is 5.96. The van der Waals surface area contributed by atoms with Gasteiger partial charge in [0.05, 0.1) is 5.01 Å². The van der Waals surface area contributed by atoms with Gasteiger partial charge in [-0.3, -0.25) is 0 Å². The summed E-state index contributed by atoms with van der Waals surface area (Å²) in [6, 6.07) is 0. The number of aromatic nitrogens is 1. The Morgan fingerprint density at radius 3 is 2.76 bits per heavy atom. The van der Waals surface area contributed by atoms with Gasteiger partial charge in [0.1, 0.15) is 0 Å². The van der Waals surface area contributed by atoms with Crippen LogP contribution in [0.2, 0.25) is 0 Å². The van der Waals surface area contributed by atoms with E-state index in [0.29, 0.717) is 5.41 Å². The number of aryl methyl sites for hydroxylation is 1. The van der Waals surface area contributed by atoms with Gasteiger partial charge in [0.25, 0.3) is 0 Å². The average Bonchev–Trinajstić information content (AvgIpc) is 2.90. The van der Waals surface area contributed by atoms with Gasteiger partial charge < -0.3 is 5.32 Å². The topological polar surface area (TPSA) is 24.9 Å². The Hall–Kier alpha value is -0.410. The molecule has 1 heterocycles. The van der Waals surface area contributed by atoms with E-state index in [-0.39, 0.29) is 0 Å². The summed E-state index contributed by atoms with van der Waals surface area (Å²) in [6.07, 6.45) is 10.1. The first-order valence-corrected chi connectivity index (χ1v) is 7.68. The predicted molar refractivity (Wildman–Crippen MR) is 74.6 cm³/mol. The molecule has 2 rings (SSSR count). The molecule has 0 atom stereocenters. The van der Waals surface area contributed by atoms with E-state index < -0.39 is 0 Å². The molecule has 96 valence electrons. The van der Waals surface area contributed by atoms with Gasteiger partial charge in [-0.1, -0.05) is 19.8 Å². The molecule has 0 bridgehead atoms. The van der Waals surface area contributed by atoms with Crippen molar-refractivity contribution in [1.29, 1.82) is 0 Å². The van der Waals surface area contributed by atoms with Gasteiger partial charge in [-0.25, -0.2) is 4.98 Å². The minimum Gasteiger partial charge on any atom is -0.316 e. The molecule has 1 aliphatic rings. The number of hydrogen-bond acceptors (Lipinski definition) is 3. The van der Waals surface area contributed by atoms with E-state index in [1.807, 2.05) is 11.3 Å². The third-order valence-electron chi connectivity index (χ3n) is 3.81. The van der Waals surface area contributed by atoms with Crippen molar-refractivity contribution in [2.75, 3.05) is 13.1 Å². The molecule has 0 aliphatic heterocycles. The first-order valence-electron chi connectivity index (χ1n) is 6.86. The lowest BCUT2D eigenvalue weighted by atomic mass is 9.82. The van der Waals surface area contributed by atoms with Gasteiger partial charge >= 0.3 is 0 Å². The van der Waals surface area contributed by atoms with E-state index in [1.54, 1.807) is 0 Å². The summed E-state index contributed by atoms with van der Waals surface area (Å²) in [7, 11) is 0. The van der Waals surface area contributed by atoms with E-state index in [0.717, 1.165) is 6.54 Å². The zero-order valence-electron chi connectivity index (χ0n) is 11.1. The quantitative estimate of drug-likeness (QED) is 0.783. The number of nitrogens with one attached hydrogen (secondary N) is 1. The van der Waals surface area contributed by atoms with Crippen molar-refractivity contribution in [2.45, 2.75) is 52.4 Å². The Morgan fingerprint density at radius 1 is 1.41 bits per heavy atom. The van der Waals surface area contributed by atoms with Gasteiger partial charge in [-0.05, 0) is 44.6 Å². The van der Waals surface area contributed by atoms with Crippen molar-refractivity contribution >= 4 is 11.3 Å². The van der Waals surface area contributed by atoms with Crippen LogP contribution >= 0.6 is 11.3 Å². The number of nitrogens with zero attached hydrogens (tertiary/aromatic N) is 1. The zero-order chi connectivity index (χ0) is 12.1. The van der Waals surface area contributed by atoms with E-state index in [4.69, 9.17) is 0 Å². The SMILES string of the molecule is CCCNCC1(Cc2cnc(C)s2)CCCC1. The number of hydrogen-bond donors (Lipinski definition) is 1. The summed E-state index contributed by atoms with van der Waals surface area (Å²) in [5.41, 5.74) is 0.522. The number of thiazole rings is 1. The summed E-state index contributed by atoms with van der Waals surface area (Å²) < 4.78 is 0. The van der Waals surface area contributed by atoms with Crippen molar-refractivity contribution in [3.63, 3.8) is 0 Å². The van der Waals surface area contributed by atoms with E-state index in [1.165, 1.54) is 55.0 Å². The van der Waals surface area contributed by atoms with Crippen molar-refractivity contribution in [3.8, 4) is 0 Å². The summed E-state index contributed by atoms with van der Waals surface area (Å²) in [4.78, 5) is 5.86. The van der Waals surface area contributed by atoms with Crippen LogP contribution in [0.3, 0.4) is 0 Å². The Bertz CT molecular complexity index is 340. The highest BCUT2D eigenvalue weighted by molar-refractivity contribution is 7.11. The molecular formula is C14H24N2S. The van der Waals surface area contributed by atoms with Crippen LogP contribution in [0.4, 0.5) is 0 Å². The Morgan fingerprint density at radius 2 is 2.18 bits per heavy atom. The number of rotatable bonds is 6. The Kier molecular flexibility index (Phi) is 4.57. The highest BCUT2D eigenvalue weighted by atomic mass is 32.1. The molecule has 0 spiro atoms. The molecule has 1 N–H and O–H groups in total. The molecule has 1 saturated carbocycles. The molecule has 0 unspecified atom stereocenters. The second-order valence-corrected chi connectivity index (χ2v) is 6.73. The molecular weight excluding hydrogens is 228 g/mol. The molecule has 1 fully saturated rings. The molecule has 2 nitrogen and oxygen atoms in total. The fourth-order valence-electron chi connectivity index (χ4n) is 2.93. The Labute approximate surface area is 109 Å². The van der Waals surface area contributed by atoms with Crippen LogP contribution < -0.4 is 5.32 Å². The summed E-state index contributed by atoms with van der Waals surface area (Å²) in [5.74, 6) is 0. The van der Waals surface area contributed by atoms with Gasteiger partial charge in [0.15, 0.2) is 0 Å². The maximum Gasteiger partial charge on any atom is 0.0896 e. The molecule has 1 aromatic heterocycles. The molecule has 1 aliphatic carbocycles.